The number of esters is 2. The summed E-state index contributed by atoms with van der Waals surface area (Å²) in [5, 5.41) is 8.60. The van der Waals surface area contributed by atoms with E-state index < -0.39 is 59.5 Å². The van der Waals surface area contributed by atoms with Crippen LogP contribution in [0.1, 0.15) is 97.4 Å². The number of ether oxygens (including phenoxy) is 4. The Labute approximate surface area is 364 Å². The Morgan fingerprint density at radius 3 is 2.28 bits per heavy atom. The third-order valence-corrected chi connectivity index (χ3v) is 11.4. The molecular weight excluding hydrogens is 804 g/mol. The fourth-order valence-electron chi connectivity index (χ4n) is 6.87. The molecule has 0 unspecified atom stereocenters. The van der Waals surface area contributed by atoms with Crippen molar-refractivity contribution in [3.63, 3.8) is 0 Å². The summed E-state index contributed by atoms with van der Waals surface area (Å²) < 4.78 is 23.4. The molecule has 2 aromatic carbocycles. The van der Waals surface area contributed by atoms with Gasteiger partial charge in [0.1, 0.15) is 24.0 Å². The van der Waals surface area contributed by atoms with Gasteiger partial charge in [-0.15, -0.1) is 0 Å². The van der Waals surface area contributed by atoms with Crippen LogP contribution >= 0.6 is 11.6 Å². The number of ketones is 1. The van der Waals surface area contributed by atoms with Crippen LogP contribution in [-0.4, -0.2) is 85.5 Å². The first kappa shape index (κ1) is 48.9. The van der Waals surface area contributed by atoms with Crippen LogP contribution in [0.3, 0.4) is 0 Å². The number of hydrogen-bond acceptors (Lipinski definition) is 11. The fraction of sp³-hybridized carbons (Fsp3) is 0.565. The lowest BCUT2D eigenvalue weighted by atomic mass is 9.92. The average Bonchev–Trinajstić information content (AvgIpc) is 4.01. The number of cyclic esters (lactones) is 2. The maximum absolute atomic E-state index is 13.8. The summed E-state index contributed by atoms with van der Waals surface area (Å²) in [7, 11) is 1.50. The molecule has 2 aliphatic heterocycles. The number of nitrogens with one attached hydrogen (secondary N) is 3. The number of halogens is 1. The van der Waals surface area contributed by atoms with Crippen molar-refractivity contribution in [1.82, 2.24) is 16.0 Å². The first-order valence-electron chi connectivity index (χ1n) is 21.0. The van der Waals surface area contributed by atoms with E-state index in [9.17, 15) is 28.8 Å². The smallest absolute Gasteiger partial charge is 0.347 e. The molecule has 0 aliphatic carbocycles. The van der Waals surface area contributed by atoms with Gasteiger partial charge in [-0.1, -0.05) is 82.6 Å². The van der Waals surface area contributed by atoms with E-state index in [4.69, 9.17) is 36.3 Å². The number of benzene rings is 2. The van der Waals surface area contributed by atoms with Crippen LogP contribution in [0, 0.1) is 23.2 Å². The average molecular weight is 867 g/mol. The number of rotatable bonds is 15. The second-order valence-electron chi connectivity index (χ2n) is 17.6. The van der Waals surface area contributed by atoms with Crippen molar-refractivity contribution in [2.45, 2.75) is 130 Å². The Balaban J connectivity index is 1.49. The van der Waals surface area contributed by atoms with Crippen molar-refractivity contribution < 1.29 is 47.7 Å². The second kappa shape index (κ2) is 21.8. The normalized spacial score (nSPS) is 24.4. The first-order valence-corrected chi connectivity index (χ1v) is 21.4. The van der Waals surface area contributed by atoms with Gasteiger partial charge in [0.15, 0.2) is 11.9 Å². The van der Waals surface area contributed by atoms with Crippen molar-refractivity contribution in [2.24, 2.45) is 28.9 Å². The molecule has 334 valence electrons. The number of epoxide rings is 1. The van der Waals surface area contributed by atoms with Gasteiger partial charge in [0.05, 0.1) is 35.7 Å². The lowest BCUT2D eigenvalue weighted by Crippen LogP contribution is -2.51. The predicted molar refractivity (Wildman–Crippen MR) is 230 cm³/mol. The van der Waals surface area contributed by atoms with Crippen molar-refractivity contribution in [1.29, 1.82) is 0 Å². The minimum atomic E-state index is -1.25. The summed E-state index contributed by atoms with van der Waals surface area (Å²) in [6, 6.07) is 10.4. The van der Waals surface area contributed by atoms with Gasteiger partial charge >= 0.3 is 11.9 Å². The SMILES string of the molecule is COc1ccc(C[C@H]2NC(=O)/C=C/C[C@@H]([C@H](C)[C@H]3O[C@@H]3c3ccc(CCC(=O)[C@H](C)NC(=O)[C@@H](N)C(C)C)cc3)OC(=O)[C@H](CC(C)C)OC(=O)C(C)(C)CNC2=O)cc1Cl. The van der Waals surface area contributed by atoms with E-state index in [-0.39, 0.29) is 73.9 Å². The molecular formula is C46H63ClN4O10. The monoisotopic (exact) mass is 866 g/mol. The number of aryl methyl sites for hydroxylation is 1. The Morgan fingerprint density at radius 2 is 1.66 bits per heavy atom. The van der Waals surface area contributed by atoms with Gasteiger partial charge in [-0.3, -0.25) is 24.0 Å². The third kappa shape index (κ3) is 14.1. The van der Waals surface area contributed by atoms with Crippen LogP contribution < -0.4 is 26.4 Å². The molecule has 0 saturated carbocycles. The number of carbonyl (C=O) groups is 6. The molecule has 8 atom stereocenters. The van der Waals surface area contributed by atoms with Crippen molar-refractivity contribution >= 4 is 47.0 Å². The molecule has 2 aromatic rings. The van der Waals surface area contributed by atoms with Gasteiger partial charge in [-0.2, -0.15) is 0 Å². The van der Waals surface area contributed by atoms with Crippen LogP contribution in [0.2, 0.25) is 5.02 Å². The van der Waals surface area contributed by atoms with Gasteiger partial charge in [0, 0.05) is 31.7 Å². The lowest BCUT2D eigenvalue weighted by Gasteiger charge is -2.29. The molecule has 61 heavy (non-hydrogen) atoms. The second-order valence-corrected chi connectivity index (χ2v) is 18.0. The zero-order valence-corrected chi connectivity index (χ0v) is 37.5. The van der Waals surface area contributed by atoms with Gasteiger partial charge in [0.2, 0.25) is 17.7 Å². The van der Waals surface area contributed by atoms with E-state index in [1.807, 2.05) is 58.9 Å². The van der Waals surface area contributed by atoms with E-state index in [1.165, 1.54) is 13.2 Å². The quantitative estimate of drug-likeness (QED) is 0.137. The van der Waals surface area contributed by atoms with Gasteiger partial charge in [0.25, 0.3) is 0 Å². The third-order valence-electron chi connectivity index (χ3n) is 11.1. The summed E-state index contributed by atoms with van der Waals surface area (Å²) in [5.41, 5.74) is 7.19. The Morgan fingerprint density at radius 1 is 0.984 bits per heavy atom. The van der Waals surface area contributed by atoms with Crippen molar-refractivity contribution in [3.05, 3.63) is 76.3 Å². The number of nitrogens with two attached hydrogens (primary N) is 1. The Kier molecular flexibility index (Phi) is 17.5. The molecule has 14 nitrogen and oxygen atoms in total. The molecule has 15 heteroatoms. The highest BCUT2D eigenvalue weighted by Gasteiger charge is 2.48. The molecule has 0 spiro atoms. The van der Waals surface area contributed by atoms with Gasteiger partial charge < -0.3 is 40.6 Å². The van der Waals surface area contributed by atoms with E-state index >= 15 is 0 Å². The molecule has 2 aliphatic rings. The summed E-state index contributed by atoms with van der Waals surface area (Å²) >= 11 is 6.35. The highest BCUT2D eigenvalue weighted by Crippen LogP contribution is 2.45. The largest absolute Gasteiger partial charge is 0.495 e. The molecule has 0 aromatic heterocycles. The minimum absolute atomic E-state index is 0.0272. The van der Waals surface area contributed by atoms with E-state index in [0.717, 1.165) is 11.1 Å². The molecule has 1 fully saturated rings. The Hall–Kier alpha value is -4.79. The molecule has 5 N–H and O–H groups in total. The minimum Gasteiger partial charge on any atom is -0.495 e. The number of Topliss-reactive ketones (excluding diaryl/α,β-unsaturated/α-hetero) is 1. The van der Waals surface area contributed by atoms with Crippen molar-refractivity contribution in [2.75, 3.05) is 13.7 Å². The van der Waals surface area contributed by atoms with Crippen molar-refractivity contribution in [3.8, 4) is 5.75 Å². The summed E-state index contributed by atoms with van der Waals surface area (Å²) in [6.07, 6.45) is 1.43. The van der Waals surface area contributed by atoms with Gasteiger partial charge in [-0.25, -0.2) is 4.79 Å². The summed E-state index contributed by atoms with van der Waals surface area (Å²) in [4.78, 5) is 79.4. The topological polar surface area (TPSA) is 205 Å². The standard InChI is InChI=1S/C46H63ClN4O10/c1-25(2)21-37-44(56)59-35(27(5)40-41(61-40)31-17-13-29(14-18-31)15-19-34(52)28(6)50-43(55)39(48)26(3)4)11-10-12-38(53)51-33(23-30-16-20-36(58-9)32(47)22-30)42(54)49-24-46(7,8)45(57)60-37/h10,12-14,16-18,20,22,25-28,33,35,37,39-41H,11,15,19,21,23-24,48H2,1-9H3,(H,49,54)(H,50,55)(H,51,53)/b12-10+/t27-,28-,33+,35-,37-,39-,40+,41+/m0/s1. The van der Waals surface area contributed by atoms with E-state index in [2.05, 4.69) is 16.0 Å². The van der Waals surface area contributed by atoms with Crippen LogP contribution in [0.4, 0.5) is 0 Å². The fourth-order valence-corrected chi connectivity index (χ4v) is 7.15. The molecule has 1 saturated heterocycles. The molecule has 0 bridgehead atoms. The number of hydrogen-bond donors (Lipinski definition) is 4. The highest BCUT2D eigenvalue weighted by atomic mass is 35.5. The first-order chi connectivity index (χ1) is 28.7. The molecule has 3 amide bonds. The molecule has 0 radical (unpaired) electrons. The lowest BCUT2D eigenvalue weighted by molar-refractivity contribution is -0.179. The maximum Gasteiger partial charge on any atom is 0.347 e. The molecule has 2 heterocycles. The molecule has 4 rings (SSSR count). The zero-order chi connectivity index (χ0) is 45.2. The van der Waals surface area contributed by atoms with Crippen LogP contribution in [0.15, 0.2) is 54.6 Å². The summed E-state index contributed by atoms with van der Waals surface area (Å²) in [6.45, 7) is 14.1. The Bertz CT molecular complexity index is 1920. The zero-order valence-electron chi connectivity index (χ0n) is 36.8. The maximum atomic E-state index is 13.8. The highest BCUT2D eigenvalue weighted by molar-refractivity contribution is 6.32. The number of carbonyl (C=O) groups excluding carboxylic acids is 6. The van der Waals surface area contributed by atoms with E-state index in [1.54, 1.807) is 45.0 Å². The predicted octanol–water partition coefficient (Wildman–Crippen LogP) is 5.11. The van der Waals surface area contributed by atoms with Crippen LogP contribution in [0.25, 0.3) is 0 Å². The summed E-state index contributed by atoms with van der Waals surface area (Å²) in [5.74, 6) is -2.89. The van der Waals surface area contributed by atoms with Crippen LogP contribution in [0.5, 0.6) is 5.75 Å². The van der Waals surface area contributed by atoms with E-state index in [0.29, 0.717) is 22.8 Å². The van der Waals surface area contributed by atoms with Crippen LogP contribution in [-0.2, 0) is 55.8 Å². The number of methoxy groups -OCH3 is 1. The number of amides is 3. The van der Waals surface area contributed by atoms with Gasteiger partial charge in [-0.05, 0) is 80.3 Å².